The van der Waals surface area contributed by atoms with Crippen LogP contribution in [0.4, 0.5) is 0 Å². The molecule has 0 aromatic carbocycles. The van der Waals surface area contributed by atoms with Crippen molar-refractivity contribution in [3.05, 3.63) is 109 Å². The lowest BCUT2D eigenvalue weighted by Gasteiger charge is -2.18. The first-order valence-corrected chi connectivity index (χ1v) is 35.4. The molecule has 0 fully saturated rings. The quantitative estimate of drug-likeness (QED) is 0.0261. The molecular weight excluding hydrogens is 1020 g/mol. The first kappa shape index (κ1) is 79.1. The van der Waals surface area contributed by atoms with Crippen molar-refractivity contribution in [3.8, 4) is 0 Å². The van der Waals surface area contributed by atoms with Crippen LogP contribution in [0.15, 0.2) is 109 Å². The summed E-state index contributed by atoms with van der Waals surface area (Å²) < 4.78 is 17.0. The van der Waals surface area contributed by atoms with E-state index in [4.69, 9.17) is 14.2 Å². The zero-order chi connectivity index (χ0) is 59.9. The molecule has 83 heavy (non-hydrogen) atoms. The monoisotopic (exact) mass is 1150 g/mol. The summed E-state index contributed by atoms with van der Waals surface area (Å²) in [6.07, 6.45) is 96.8. The molecule has 0 aromatic rings. The van der Waals surface area contributed by atoms with Gasteiger partial charge in [-0.05, 0) is 103 Å². The van der Waals surface area contributed by atoms with Crippen molar-refractivity contribution in [3.63, 3.8) is 0 Å². The molecule has 0 saturated carbocycles. The lowest BCUT2D eigenvalue weighted by molar-refractivity contribution is -0.167. The van der Waals surface area contributed by atoms with Gasteiger partial charge in [0.2, 0.25) is 0 Å². The van der Waals surface area contributed by atoms with Gasteiger partial charge in [0.25, 0.3) is 0 Å². The van der Waals surface area contributed by atoms with Crippen LogP contribution in [0, 0.1) is 0 Å². The minimum atomic E-state index is -0.791. The van der Waals surface area contributed by atoms with Crippen LogP contribution in [0.3, 0.4) is 0 Å². The van der Waals surface area contributed by atoms with E-state index in [1.54, 1.807) is 0 Å². The second-order valence-corrected chi connectivity index (χ2v) is 23.4. The summed E-state index contributed by atoms with van der Waals surface area (Å²) in [5.74, 6) is -0.896. The molecule has 0 heterocycles. The summed E-state index contributed by atoms with van der Waals surface area (Å²) >= 11 is 0. The third kappa shape index (κ3) is 68.7. The van der Waals surface area contributed by atoms with E-state index in [1.807, 2.05) is 0 Å². The molecule has 6 nitrogen and oxygen atoms in total. The normalized spacial score (nSPS) is 12.8. The minimum absolute atomic E-state index is 0.0855. The number of unbranched alkanes of at least 4 members (excludes halogenated alkanes) is 35. The van der Waals surface area contributed by atoms with Crippen LogP contribution in [-0.4, -0.2) is 37.2 Å². The Morgan fingerprint density at radius 2 is 0.470 bits per heavy atom. The van der Waals surface area contributed by atoms with Crippen molar-refractivity contribution in [2.24, 2.45) is 0 Å². The molecular formula is C77H132O6. The summed E-state index contributed by atoms with van der Waals surface area (Å²) in [6, 6.07) is 0. The van der Waals surface area contributed by atoms with Gasteiger partial charge in [-0.3, -0.25) is 14.4 Å². The Hall–Kier alpha value is -3.93. The number of hydrogen-bond donors (Lipinski definition) is 0. The Morgan fingerprint density at radius 3 is 0.735 bits per heavy atom. The molecule has 0 radical (unpaired) electrons. The van der Waals surface area contributed by atoms with Gasteiger partial charge in [0, 0.05) is 19.3 Å². The maximum absolute atomic E-state index is 13.0. The van der Waals surface area contributed by atoms with Gasteiger partial charge < -0.3 is 14.2 Å². The van der Waals surface area contributed by atoms with Gasteiger partial charge in [0.05, 0.1) is 0 Å². The third-order valence-electron chi connectivity index (χ3n) is 15.3. The molecule has 1 unspecified atom stereocenters. The average molecular weight is 1150 g/mol. The predicted octanol–water partition coefficient (Wildman–Crippen LogP) is 24.6. The molecule has 6 heteroatoms. The number of hydrogen-bond acceptors (Lipinski definition) is 6. The van der Waals surface area contributed by atoms with Gasteiger partial charge in [-0.25, -0.2) is 0 Å². The first-order valence-electron chi connectivity index (χ1n) is 35.4. The van der Waals surface area contributed by atoms with Crippen molar-refractivity contribution >= 4 is 17.9 Å². The van der Waals surface area contributed by atoms with Crippen LogP contribution in [0.1, 0.15) is 342 Å². The SMILES string of the molecule is CC/C=C\C/C=C\C/C=C\C/C=C\C/C=C\CCCCCCCCCCCCCC(=O)OCC(COC(=O)CCCCCC/C=C\C/C=C\C/C=C\C/C=C\CC)OC(=O)CCCCCCCCCCCCCCCCCCCCCCC. The lowest BCUT2D eigenvalue weighted by Crippen LogP contribution is -2.30. The highest BCUT2D eigenvalue weighted by molar-refractivity contribution is 5.71. The van der Waals surface area contributed by atoms with Crippen molar-refractivity contribution in [2.75, 3.05) is 13.2 Å². The van der Waals surface area contributed by atoms with Crippen molar-refractivity contribution in [1.29, 1.82) is 0 Å². The number of ether oxygens (including phenoxy) is 3. The molecule has 0 N–H and O–H groups in total. The van der Waals surface area contributed by atoms with Crippen LogP contribution in [0.2, 0.25) is 0 Å². The van der Waals surface area contributed by atoms with Gasteiger partial charge in [-0.1, -0.05) is 329 Å². The van der Waals surface area contributed by atoms with E-state index in [1.165, 1.54) is 173 Å². The van der Waals surface area contributed by atoms with Crippen molar-refractivity contribution in [2.45, 2.75) is 348 Å². The molecule has 0 rings (SSSR count). The van der Waals surface area contributed by atoms with Crippen LogP contribution in [0.5, 0.6) is 0 Å². The van der Waals surface area contributed by atoms with Gasteiger partial charge in [0.15, 0.2) is 6.10 Å². The molecule has 0 saturated heterocycles. The maximum Gasteiger partial charge on any atom is 0.306 e. The second-order valence-electron chi connectivity index (χ2n) is 23.4. The largest absolute Gasteiger partial charge is 0.462 e. The summed E-state index contributed by atoms with van der Waals surface area (Å²) in [5, 5.41) is 0. The second kappa shape index (κ2) is 70.6. The number of rotatable bonds is 64. The fourth-order valence-electron chi connectivity index (χ4n) is 10.1. The van der Waals surface area contributed by atoms with E-state index in [2.05, 4.69) is 130 Å². The topological polar surface area (TPSA) is 78.9 Å². The Kier molecular flexibility index (Phi) is 67.2. The Balaban J connectivity index is 4.36. The molecule has 0 aliphatic rings. The third-order valence-corrected chi connectivity index (χ3v) is 15.3. The van der Waals surface area contributed by atoms with Crippen LogP contribution >= 0.6 is 0 Å². The van der Waals surface area contributed by atoms with Crippen molar-refractivity contribution in [1.82, 2.24) is 0 Å². The molecule has 0 aliphatic carbocycles. The minimum Gasteiger partial charge on any atom is -0.462 e. The molecule has 0 amide bonds. The zero-order valence-corrected chi connectivity index (χ0v) is 54.7. The maximum atomic E-state index is 13.0. The van der Waals surface area contributed by atoms with Crippen LogP contribution in [-0.2, 0) is 28.6 Å². The number of esters is 3. The molecule has 0 spiro atoms. The fraction of sp³-hybridized carbons (Fsp3) is 0.727. The van der Waals surface area contributed by atoms with Crippen molar-refractivity contribution < 1.29 is 28.6 Å². The van der Waals surface area contributed by atoms with E-state index in [0.29, 0.717) is 19.3 Å². The predicted molar refractivity (Wildman–Crippen MR) is 362 cm³/mol. The van der Waals surface area contributed by atoms with Crippen LogP contribution in [0.25, 0.3) is 0 Å². The Morgan fingerprint density at radius 1 is 0.253 bits per heavy atom. The highest BCUT2D eigenvalue weighted by atomic mass is 16.6. The van der Waals surface area contributed by atoms with E-state index in [9.17, 15) is 14.4 Å². The molecule has 0 aromatic heterocycles. The Bertz CT molecular complexity index is 1660. The van der Waals surface area contributed by atoms with E-state index < -0.39 is 6.10 Å². The lowest BCUT2D eigenvalue weighted by atomic mass is 10.0. The van der Waals surface area contributed by atoms with Gasteiger partial charge in [-0.2, -0.15) is 0 Å². The van der Waals surface area contributed by atoms with E-state index in [0.717, 1.165) is 128 Å². The average Bonchev–Trinajstić information content (AvgIpc) is 3.49. The molecule has 476 valence electrons. The number of allylic oxidation sites excluding steroid dienone is 18. The van der Waals surface area contributed by atoms with E-state index in [-0.39, 0.29) is 31.1 Å². The standard InChI is InChI=1S/C77H132O6/c1-4-7-10-13-16-19-22-25-28-31-33-35-36-37-38-39-40-42-43-46-49-52-55-58-61-64-67-70-76(79)82-73-74(72-81-75(78)69-66-63-60-57-54-51-48-45-30-27-24-21-18-15-12-9-6-3)83-77(80)71-68-65-62-59-56-53-50-47-44-41-34-32-29-26-23-20-17-14-11-8-5-2/h7,9-10,12,16,18-19,21,25,27-28,30,33,35,37-38,48,51,74H,4-6,8,11,13-15,17,20,22-24,26,29,31-32,34,36,39-47,49-50,52-73H2,1-3H3/b10-7-,12-9-,19-16-,21-18-,28-25-,30-27-,35-33-,38-37-,51-48-. The summed E-state index contributed by atoms with van der Waals surface area (Å²) in [7, 11) is 0. The van der Waals surface area contributed by atoms with Crippen LogP contribution < -0.4 is 0 Å². The fourth-order valence-corrected chi connectivity index (χ4v) is 10.1. The number of carbonyl (C=O) groups is 3. The first-order chi connectivity index (χ1) is 41.0. The smallest absolute Gasteiger partial charge is 0.306 e. The number of carbonyl (C=O) groups excluding carboxylic acids is 3. The molecule has 1 atom stereocenters. The van der Waals surface area contributed by atoms with Gasteiger partial charge >= 0.3 is 17.9 Å². The highest BCUT2D eigenvalue weighted by Gasteiger charge is 2.19. The van der Waals surface area contributed by atoms with E-state index >= 15 is 0 Å². The summed E-state index contributed by atoms with van der Waals surface area (Å²) in [5.41, 5.74) is 0. The Labute approximate surface area is 514 Å². The summed E-state index contributed by atoms with van der Waals surface area (Å²) in [6.45, 7) is 6.44. The zero-order valence-electron chi connectivity index (χ0n) is 54.7. The van der Waals surface area contributed by atoms with Gasteiger partial charge in [0.1, 0.15) is 13.2 Å². The van der Waals surface area contributed by atoms with Gasteiger partial charge in [-0.15, -0.1) is 0 Å². The molecule has 0 bridgehead atoms. The summed E-state index contributed by atoms with van der Waals surface area (Å²) in [4.78, 5) is 38.5. The highest BCUT2D eigenvalue weighted by Crippen LogP contribution is 2.18. The molecule has 0 aliphatic heterocycles.